The van der Waals surface area contributed by atoms with Crippen molar-refractivity contribution in [2.45, 2.75) is 52.0 Å². The second-order valence-electron chi connectivity index (χ2n) is 8.03. The number of likely N-dealkylation sites (tertiary alicyclic amines) is 1. The van der Waals surface area contributed by atoms with Crippen LogP contribution in [0.3, 0.4) is 0 Å². The lowest BCUT2D eigenvalue weighted by atomic mass is 9.93. The zero-order valence-electron chi connectivity index (χ0n) is 16.5. The molecule has 1 N–H and O–H groups in total. The lowest BCUT2D eigenvalue weighted by molar-refractivity contribution is 0.157. The van der Waals surface area contributed by atoms with E-state index in [4.69, 9.17) is 0 Å². The Morgan fingerprint density at radius 3 is 2.62 bits per heavy atom. The molecule has 0 bridgehead atoms. The van der Waals surface area contributed by atoms with Gasteiger partial charge in [-0.15, -0.1) is 10.2 Å². The average molecular weight is 363 g/mol. The second-order valence-corrected chi connectivity index (χ2v) is 8.03. The van der Waals surface area contributed by atoms with Crippen molar-refractivity contribution in [3.05, 3.63) is 12.2 Å². The average Bonchev–Trinajstić information content (AvgIpc) is 3.36. The molecule has 2 fully saturated rings. The number of hydrogen-bond donors (Lipinski definition) is 1. The van der Waals surface area contributed by atoms with E-state index < -0.39 is 0 Å². The van der Waals surface area contributed by atoms with Gasteiger partial charge >= 0.3 is 6.03 Å². The maximum absolute atomic E-state index is 12.5. The minimum Gasteiger partial charge on any atom is -0.328 e. The molecule has 3 rings (SSSR count). The Bertz CT molecular complexity index is 576. The highest BCUT2D eigenvalue weighted by atomic mass is 16.2. The summed E-state index contributed by atoms with van der Waals surface area (Å²) in [7, 11) is 1.90. The van der Waals surface area contributed by atoms with Crippen molar-refractivity contribution in [2.24, 2.45) is 18.9 Å². The van der Waals surface area contributed by atoms with Crippen molar-refractivity contribution in [3.8, 4) is 0 Å². The van der Waals surface area contributed by atoms with Gasteiger partial charge in [-0.1, -0.05) is 6.92 Å². The summed E-state index contributed by atoms with van der Waals surface area (Å²) in [5, 5.41) is 11.0. The van der Waals surface area contributed by atoms with Gasteiger partial charge in [0.15, 0.2) is 5.82 Å². The van der Waals surface area contributed by atoms with Crippen LogP contribution in [0, 0.1) is 11.8 Å². The van der Waals surface area contributed by atoms with Gasteiger partial charge in [-0.25, -0.2) is 4.79 Å². The molecule has 1 saturated carbocycles. The Morgan fingerprint density at radius 1 is 1.31 bits per heavy atom. The SMILES string of the molecule is CCN(CCC1CCN(C(=O)N[C@H](C)c2nncn2C)CC1)CC1CC1. The number of aryl methyl sites for hydroxylation is 1. The molecule has 26 heavy (non-hydrogen) atoms. The minimum atomic E-state index is -0.131. The summed E-state index contributed by atoms with van der Waals surface area (Å²) in [6, 6.07) is -0.115. The molecule has 0 spiro atoms. The van der Waals surface area contributed by atoms with E-state index in [0.29, 0.717) is 0 Å². The Morgan fingerprint density at radius 2 is 2.04 bits per heavy atom. The summed E-state index contributed by atoms with van der Waals surface area (Å²) in [6.07, 6.45) is 8.02. The highest BCUT2D eigenvalue weighted by Crippen LogP contribution is 2.30. The number of piperidine rings is 1. The highest BCUT2D eigenvalue weighted by Gasteiger charge is 2.26. The van der Waals surface area contributed by atoms with Crippen LogP contribution >= 0.6 is 0 Å². The van der Waals surface area contributed by atoms with Crippen LogP contribution in [0.4, 0.5) is 4.79 Å². The molecule has 7 nitrogen and oxygen atoms in total. The number of nitrogens with one attached hydrogen (secondary N) is 1. The number of carbonyl (C=O) groups excluding carboxylic acids is 1. The fourth-order valence-electron chi connectivity index (χ4n) is 3.86. The molecule has 1 aromatic heterocycles. The molecule has 2 amide bonds. The highest BCUT2D eigenvalue weighted by molar-refractivity contribution is 5.74. The standard InChI is InChI=1S/C19H34N6O/c1-4-24(13-17-5-6-17)10-7-16-8-11-25(12-9-16)19(26)21-15(2)18-22-20-14-23(18)3/h14-17H,4-13H2,1-3H3,(H,21,26)/t15-/m1/s1. The van der Waals surface area contributed by atoms with Crippen LogP contribution in [0.25, 0.3) is 0 Å². The number of amides is 2. The molecule has 1 saturated heterocycles. The van der Waals surface area contributed by atoms with Crippen LogP contribution in [0.5, 0.6) is 0 Å². The summed E-state index contributed by atoms with van der Waals surface area (Å²) in [5.74, 6) is 2.50. The normalized spacial score (nSPS) is 19.8. The molecule has 1 aliphatic heterocycles. The van der Waals surface area contributed by atoms with Crippen LogP contribution < -0.4 is 5.32 Å². The molecule has 1 aliphatic carbocycles. The number of carbonyl (C=O) groups is 1. The van der Waals surface area contributed by atoms with Crippen molar-refractivity contribution < 1.29 is 4.79 Å². The molecule has 0 radical (unpaired) electrons. The van der Waals surface area contributed by atoms with E-state index in [1.807, 2.05) is 23.4 Å². The number of nitrogens with zero attached hydrogens (tertiary/aromatic N) is 5. The van der Waals surface area contributed by atoms with E-state index in [9.17, 15) is 4.79 Å². The van der Waals surface area contributed by atoms with Crippen LogP contribution in [0.1, 0.15) is 57.8 Å². The Labute approximate surface area is 157 Å². The van der Waals surface area contributed by atoms with Gasteiger partial charge < -0.3 is 19.7 Å². The number of aromatic nitrogens is 3. The van der Waals surface area contributed by atoms with E-state index in [2.05, 4.69) is 27.3 Å². The number of hydrogen-bond acceptors (Lipinski definition) is 4. The Kier molecular flexibility index (Phi) is 6.51. The number of rotatable bonds is 8. The lowest BCUT2D eigenvalue weighted by Crippen LogP contribution is -2.45. The largest absolute Gasteiger partial charge is 0.328 e. The molecule has 0 aromatic carbocycles. The molecule has 1 aromatic rings. The third kappa shape index (κ3) is 5.19. The van der Waals surface area contributed by atoms with Crippen molar-refractivity contribution >= 4 is 6.03 Å². The maximum atomic E-state index is 12.5. The van der Waals surface area contributed by atoms with E-state index >= 15 is 0 Å². The van der Waals surface area contributed by atoms with E-state index in [1.54, 1.807) is 6.33 Å². The van der Waals surface area contributed by atoms with Crippen molar-refractivity contribution in [1.82, 2.24) is 29.9 Å². The van der Waals surface area contributed by atoms with E-state index in [-0.39, 0.29) is 12.1 Å². The topological polar surface area (TPSA) is 66.3 Å². The van der Waals surface area contributed by atoms with E-state index in [1.165, 1.54) is 32.4 Å². The van der Waals surface area contributed by atoms with Gasteiger partial charge in [0.05, 0.1) is 6.04 Å². The smallest absolute Gasteiger partial charge is 0.317 e. The van der Waals surface area contributed by atoms with Gasteiger partial charge in [0.25, 0.3) is 0 Å². The Balaban J connectivity index is 1.37. The van der Waals surface area contributed by atoms with Crippen molar-refractivity contribution in [2.75, 3.05) is 32.7 Å². The lowest BCUT2D eigenvalue weighted by Gasteiger charge is -2.33. The summed E-state index contributed by atoms with van der Waals surface area (Å²) in [4.78, 5) is 17.1. The van der Waals surface area contributed by atoms with Gasteiger partial charge in [-0.05, 0) is 64.0 Å². The maximum Gasteiger partial charge on any atom is 0.317 e. The number of urea groups is 1. The summed E-state index contributed by atoms with van der Waals surface area (Å²) >= 11 is 0. The third-order valence-electron chi connectivity index (χ3n) is 5.89. The third-order valence-corrected chi connectivity index (χ3v) is 5.89. The monoisotopic (exact) mass is 362 g/mol. The molecule has 1 atom stereocenters. The summed E-state index contributed by atoms with van der Waals surface area (Å²) < 4.78 is 1.85. The first-order valence-electron chi connectivity index (χ1n) is 10.2. The van der Waals surface area contributed by atoms with Gasteiger partial charge in [-0.2, -0.15) is 0 Å². The first-order valence-corrected chi connectivity index (χ1v) is 10.2. The molecule has 0 unspecified atom stereocenters. The second kappa shape index (κ2) is 8.84. The van der Waals surface area contributed by atoms with Gasteiger partial charge in [0.2, 0.25) is 0 Å². The molecular formula is C19H34N6O. The van der Waals surface area contributed by atoms with Crippen molar-refractivity contribution in [1.29, 1.82) is 0 Å². The van der Waals surface area contributed by atoms with Crippen molar-refractivity contribution in [3.63, 3.8) is 0 Å². The molecular weight excluding hydrogens is 328 g/mol. The van der Waals surface area contributed by atoms with Gasteiger partial charge in [0.1, 0.15) is 6.33 Å². The summed E-state index contributed by atoms with van der Waals surface area (Å²) in [5.41, 5.74) is 0. The first-order chi connectivity index (χ1) is 12.6. The van der Waals surface area contributed by atoms with Crippen LogP contribution in [0.15, 0.2) is 6.33 Å². The quantitative estimate of drug-likeness (QED) is 0.771. The van der Waals surface area contributed by atoms with Gasteiger partial charge in [0, 0.05) is 26.7 Å². The molecule has 2 aliphatic rings. The fraction of sp³-hybridized carbons (Fsp3) is 0.842. The van der Waals surface area contributed by atoms with E-state index in [0.717, 1.165) is 50.1 Å². The molecule has 2 heterocycles. The zero-order chi connectivity index (χ0) is 18.5. The van der Waals surface area contributed by atoms with Crippen LogP contribution in [0.2, 0.25) is 0 Å². The summed E-state index contributed by atoms with van der Waals surface area (Å²) in [6.45, 7) is 9.61. The minimum absolute atomic E-state index is 0.0165. The molecule has 7 heteroatoms. The zero-order valence-corrected chi connectivity index (χ0v) is 16.5. The fourth-order valence-corrected chi connectivity index (χ4v) is 3.86. The first kappa shape index (κ1) is 19.1. The van der Waals surface area contributed by atoms with Crippen LogP contribution in [-0.2, 0) is 7.05 Å². The van der Waals surface area contributed by atoms with Gasteiger partial charge in [-0.3, -0.25) is 0 Å². The predicted molar refractivity (Wildman–Crippen MR) is 102 cm³/mol. The van der Waals surface area contributed by atoms with Crippen LogP contribution in [-0.4, -0.2) is 63.3 Å². The Hall–Kier alpha value is -1.63. The predicted octanol–water partition coefficient (Wildman–Crippen LogP) is 2.42. The molecule has 146 valence electrons.